The van der Waals surface area contributed by atoms with Gasteiger partial charge in [-0.1, -0.05) is 25.4 Å². The average Bonchev–Trinajstić information content (AvgIpc) is 2.56. The van der Waals surface area contributed by atoms with Crippen molar-refractivity contribution in [2.45, 2.75) is 20.4 Å². The van der Waals surface area contributed by atoms with Crippen LogP contribution in [0.3, 0.4) is 0 Å². The monoisotopic (exact) mass is 260 g/mol. The molecule has 0 fully saturated rings. The highest BCUT2D eigenvalue weighted by molar-refractivity contribution is 6.32. The first kappa shape index (κ1) is 13.4. The zero-order chi connectivity index (χ0) is 13.0. The van der Waals surface area contributed by atoms with E-state index in [0.717, 1.165) is 4.68 Å². The van der Waals surface area contributed by atoms with Crippen molar-refractivity contribution in [1.29, 1.82) is 0 Å². The van der Waals surface area contributed by atoms with E-state index < -0.39 is 10.7 Å². The number of halogens is 1. The van der Waals surface area contributed by atoms with E-state index >= 15 is 0 Å². The normalized spacial score (nSPS) is 10.6. The van der Waals surface area contributed by atoms with Gasteiger partial charge in [-0.05, 0) is 10.8 Å². The molecule has 0 aliphatic rings. The van der Waals surface area contributed by atoms with Crippen LogP contribution in [0.25, 0.3) is 0 Å². The highest BCUT2D eigenvalue weighted by Gasteiger charge is 2.20. The zero-order valence-electron chi connectivity index (χ0n) is 9.51. The summed E-state index contributed by atoms with van der Waals surface area (Å²) >= 11 is 5.59. The minimum atomic E-state index is -0.690. The van der Waals surface area contributed by atoms with Crippen LogP contribution in [0.15, 0.2) is 6.20 Å². The van der Waals surface area contributed by atoms with Crippen LogP contribution in [0.2, 0.25) is 5.02 Å². The van der Waals surface area contributed by atoms with Gasteiger partial charge in [-0.15, -0.1) is 0 Å². The second-order valence-electron chi connectivity index (χ2n) is 3.95. The van der Waals surface area contributed by atoms with Gasteiger partial charge >= 0.3 is 5.82 Å². The lowest BCUT2D eigenvalue weighted by Crippen LogP contribution is -2.30. The lowest BCUT2D eigenvalue weighted by Gasteiger charge is -2.05. The van der Waals surface area contributed by atoms with Gasteiger partial charge in [-0.3, -0.25) is 4.79 Å². The van der Waals surface area contributed by atoms with E-state index in [2.05, 4.69) is 10.4 Å². The summed E-state index contributed by atoms with van der Waals surface area (Å²) in [6, 6.07) is 0. The molecule has 0 spiro atoms. The Balaban J connectivity index is 2.60. The van der Waals surface area contributed by atoms with Crippen molar-refractivity contribution in [3.8, 4) is 0 Å². The van der Waals surface area contributed by atoms with E-state index in [0.29, 0.717) is 12.5 Å². The topological polar surface area (TPSA) is 90.1 Å². The van der Waals surface area contributed by atoms with Crippen LogP contribution in [-0.2, 0) is 11.3 Å². The van der Waals surface area contributed by atoms with E-state index in [1.807, 2.05) is 13.8 Å². The summed E-state index contributed by atoms with van der Waals surface area (Å²) in [5, 5.41) is 16.7. The highest BCUT2D eigenvalue weighted by atomic mass is 35.5. The second kappa shape index (κ2) is 5.62. The van der Waals surface area contributed by atoms with Crippen LogP contribution < -0.4 is 5.32 Å². The number of hydrogen-bond donors (Lipinski definition) is 1. The Morgan fingerprint density at radius 2 is 2.35 bits per heavy atom. The molecule has 1 aromatic heterocycles. The quantitative estimate of drug-likeness (QED) is 0.637. The maximum atomic E-state index is 11.4. The van der Waals surface area contributed by atoms with Crippen LogP contribution >= 0.6 is 11.6 Å². The summed E-state index contributed by atoms with van der Waals surface area (Å²) in [4.78, 5) is 21.2. The third-order valence-electron chi connectivity index (χ3n) is 1.89. The number of nitrogens with one attached hydrogen (secondary N) is 1. The number of nitrogens with zero attached hydrogens (tertiary/aromatic N) is 3. The van der Waals surface area contributed by atoms with Crippen molar-refractivity contribution in [3.63, 3.8) is 0 Å². The van der Waals surface area contributed by atoms with Crippen molar-refractivity contribution in [2.24, 2.45) is 5.92 Å². The molecule has 0 bridgehead atoms. The molecule has 0 radical (unpaired) electrons. The van der Waals surface area contributed by atoms with Crippen LogP contribution in [0, 0.1) is 16.0 Å². The fourth-order valence-electron chi connectivity index (χ4n) is 1.11. The molecule has 0 saturated heterocycles. The fraction of sp³-hybridized carbons (Fsp3) is 0.556. The molecule has 7 nitrogen and oxygen atoms in total. The summed E-state index contributed by atoms with van der Waals surface area (Å²) in [5.74, 6) is -0.356. The number of hydrogen-bond acceptors (Lipinski definition) is 4. The molecular formula is C9H13ClN4O3. The molecule has 1 amide bonds. The zero-order valence-corrected chi connectivity index (χ0v) is 10.3. The van der Waals surface area contributed by atoms with E-state index in [-0.39, 0.29) is 17.5 Å². The molecule has 0 aliphatic carbocycles. The number of carbonyl (C=O) groups is 1. The summed E-state index contributed by atoms with van der Waals surface area (Å²) in [5.41, 5.74) is 0. The Morgan fingerprint density at radius 1 is 1.71 bits per heavy atom. The first-order valence-corrected chi connectivity index (χ1v) is 5.42. The molecule has 1 heterocycles. The predicted molar refractivity (Wildman–Crippen MR) is 61.7 cm³/mol. The number of rotatable bonds is 5. The number of aromatic nitrogens is 2. The van der Waals surface area contributed by atoms with Gasteiger partial charge < -0.3 is 15.4 Å². The van der Waals surface area contributed by atoms with Crippen molar-refractivity contribution in [1.82, 2.24) is 15.1 Å². The fourth-order valence-corrected chi connectivity index (χ4v) is 1.33. The van der Waals surface area contributed by atoms with Crippen molar-refractivity contribution < 1.29 is 9.72 Å². The molecule has 0 unspecified atom stereocenters. The van der Waals surface area contributed by atoms with Crippen LogP contribution in [-0.4, -0.2) is 27.2 Å². The maximum absolute atomic E-state index is 11.4. The van der Waals surface area contributed by atoms with Gasteiger partial charge in [0.15, 0.2) is 5.02 Å². The summed E-state index contributed by atoms with van der Waals surface area (Å²) in [7, 11) is 0. The molecule has 0 atom stereocenters. The first-order valence-electron chi connectivity index (χ1n) is 5.04. The van der Waals surface area contributed by atoms with Crippen LogP contribution in [0.1, 0.15) is 13.8 Å². The van der Waals surface area contributed by atoms with Gasteiger partial charge in [-0.2, -0.15) is 4.68 Å². The average molecular weight is 261 g/mol. The SMILES string of the molecule is CC(C)CNC(=O)Cn1cc(Cl)c([N+](=O)[O-])n1. The second-order valence-corrected chi connectivity index (χ2v) is 4.36. The summed E-state index contributed by atoms with van der Waals surface area (Å²) in [6.07, 6.45) is 1.26. The number of amides is 1. The minimum absolute atomic E-state index is 0.0772. The Bertz CT molecular complexity index is 430. The van der Waals surface area contributed by atoms with Gasteiger partial charge in [0.2, 0.25) is 5.91 Å². The molecule has 94 valence electrons. The maximum Gasteiger partial charge on any atom is 0.408 e. The highest BCUT2D eigenvalue weighted by Crippen LogP contribution is 2.20. The van der Waals surface area contributed by atoms with Gasteiger partial charge in [-0.25, -0.2) is 0 Å². The van der Waals surface area contributed by atoms with Gasteiger partial charge in [0, 0.05) is 6.54 Å². The molecule has 0 aromatic carbocycles. The van der Waals surface area contributed by atoms with Crippen molar-refractivity contribution in [2.75, 3.05) is 6.54 Å². The summed E-state index contributed by atoms with van der Waals surface area (Å²) < 4.78 is 1.15. The molecule has 1 aromatic rings. The third kappa shape index (κ3) is 4.03. The largest absolute Gasteiger partial charge is 0.408 e. The van der Waals surface area contributed by atoms with Gasteiger partial charge in [0.25, 0.3) is 0 Å². The lowest BCUT2D eigenvalue weighted by molar-refractivity contribution is -0.389. The van der Waals surface area contributed by atoms with E-state index in [9.17, 15) is 14.9 Å². The Labute approximate surface area is 103 Å². The third-order valence-corrected chi connectivity index (χ3v) is 2.15. The van der Waals surface area contributed by atoms with E-state index in [1.165, 1.54) is 6.20 Å². The smallest absolute Gasteiger partial charge is 0.358 e. The molecule has 1 N–H and O–H groups in total. The summed E-state index contributed by atoms with van der Waals surface area (Å²) in [6.45, 7) is 4.40. The lowest BCUT2D eigenvalue weighted by atomic mass is 10.2. The Morgan fingerprint density at radius 3 is 2.82 bits per heavy atom. The Hall–Kier alpha value is -1.63. The number of carbonyl (C=O) groups excluding carboxylic acids is 1. The minimum Gasteiger partial charge on any atom is -0.358 e. The van der Waals surface area contributed by atoms with Crippen molar-refractivity contribution in [3.05, 3.63) is 21.3 Å². The first-order chi connectivity index (χ1) is 7.90. The van der Waals surface area contributed by atoms with Gasteiger partial charge in [0.1, 0.15) is 6.54 Å². The molecule has 0 aliphatic heterocycles. The number of nitro groups is 1. The molecule has 8 heteroatoms. The van der Waals surface area contributed by atoms with Gasteiger partial charge in [0.05, 0.1) is 11.3 Å². The Kier molecular flexibility index (Phi) is 4.45. The molecule has 1 rings (SSSR count). The van der Waals surface area contributed by atoms with E-state index in [1.54, 1.807) is 0 Å². The van der Waals surface area contributed by atoms with E-state index in [4.69, 9.17) is 11.6 Å². The standard InChI is InChI=1S/C9H13ClN4O3/c1-6(2)3-11-8(15)5-13-4-7(10)9(12-13)14(16)17/h4,6H,3,5H2,1-2H3,(H,11,15). The molecular weight excluding hydrogens is 248 g/mol. The van der Waals surface area contributed by atoms with Crippen LogP contribution in [0.5, 0.6) is 0 Å². The van der Waals surface area contributed by atoms with Crippen LogP contribution in [0.4, 0.5) is 5.82 Å². The van der Waals surface area contributed by atoms with Crippen molar-refractivity contribution >= 4 is 23.3 Å². The predicted octanol–water partition coefficient (Wildman–Crippen LogP) is 1.22. The molecule has 17 heavy (non-hydrogen) atoms. The molecule has 0 saturated carbocycles.